The van der Waals surface area contributed by atoms with Crippen LogP contribution >= 0.6 is 11.3 Å². The Hall–Kier alpha value is -2.19. The first kappa shape index (κ1) is 16.2. The van der Waals surface area contributed by atoms with Crippen molar-refractivity contribution in [3.8, 4) is 0 Å². The quantitative estimate of drug-likeness (QED) is 0.488. The van der Waals surface area contributed by atoms with Gasteiger partial charge in [-0.15, -0.1) is 11.3 Å². The Kier molecular flexibility index (Phi) is 6.11. The molecule has 0 aliphatic carbocycles. The number of anilines is 1. The number of rotatable bonds is 4. The van der Waals surface area contributed by atoms with Gasteiger partial charge in [-0.05, 0) is 6.92 Å². The first-order chi connectivity index (χ1) is 10.7. The van der Waals surface area contributed by atoms with E-state index in [4.69, 9.17) is 4.74 Å². The largest absolute Gasteiger partial charge is 0.378 e. The van der Waals surface area contributed by atoms with Crippen molar-refractivity contribution in [3.63, 3.8) is 0 Å². The molecule has 0 aromatic carbocycles. The number of allylic oxidation sites excluding steroid dienone is 3. The van der Waals surface area contributed by atoms with E-state index in [0.717, 1.165) is 18.2 Å². The van der Waals surface area contributed by atoms with Gasteiger partial charge >= 0.3 is 0 Å². The number of nitrogens with zero attached hydrogens (tertiary/aromatic N) is 2. The summed E-state index contributed by atoms with van der Waals surface area (Å²) in [6.45, 7) is 4.70. The number of thiazole rings is 1. The third kappa shape index (κ3) is 4.68. The summed E-state index contributed by atoms with van der Waals surface area (Å²) in [6.07, 6.45) is 6.42. The second-order valence-corrected chi connectivity index (χ2v) is 5.28. The smallest absolute Gasteiger partial charge is 0.289 e. The van der Waals surface area contributed by atoms with Crippen molar-refractivity contribution < 1.29 is 14.3 Å². The van der Waals surface area contributed by atoms with Crippen LogP contribution in [0.2, 0.25) is 0 Å². The maximum absolute atomic E-state index is 11.9. The van der Waals surface area contributed by atoms with Crippen LogP contribution in [0.1, 0.15) is 17.4 Å². The molecule has 7 nitrogen and oxygen atoms in total. The summed E-state index contributed by atoms with van der Waals surface area (Å²) in [7, 11) is 0. The number of morpholine rings is 1. The van der Waals surface area contributed by atoms with E-state index in [0.29, 0.717) is 13.2 Å². The third-order valence-corrected chi connectivity index (χ3v) is 3.76. The van der Waals surface area contributed by atoms with E-state index in [9.17, 15) is 9.59 Å². The van der Waals surface area contributed by atoms with Gasteiger partial charge in [-0.2, -0.15) is 0 Å². The van der Waals surface area contributed by atoms with Gasteiger partial charge in [0.15, 0.2) is 5.13 Å². The Labute approximate surface area is 132 Å². The van der Waals surface area contributed by atoms with Gasteiger partial charge in [0.1, 0.15) is 5.69 Å². The van der Waals surface area contributed by atoms with Crippen LogP contribution in [-0.4, -0.2) is 43.1 Å². The van der Waals surface area contributed by atoms with Crippen LogP contribution in [0.3, 0.4) is 0 Å². The minimum absolute atomic E-state index is 0.282. The number of hydrogen-bond donors (Lipinski definition) is 2. The molecule has 8 heteroatoms. The van der Waals surface area contributed by atoms with E-state index < -0.39 is 11.8 Å². The van der Waals surface area contributed by atoms with Crippen molar-refractivity contribution in [1.82, 2.24) is 15.8 Å². The number of hydrazine groups is 1. The summed E-state index contributed by atoms with van der Waals surface area (Å²) in [5.41, 5.74) is 4.91. The van der Waals surface area contributed by atoms with Crippen molar-refractivity contribution >= 4 is 28.3 Å². The van der Waals surface area contributed by atoms with Gasteiger partial charge in [0.05, 0.1) is 13.2 Å². The molecule has 2 heterocycles. The lowest BCUT2D eigenvalue weighted by Crippen LogP contribution is -2.41. The Bertz CT molecular complexity index is 576. The molecule has 2 rings (SSSR count). The molecule has 22 heavy (non-hydrogen) atoms. The first-order valence-corrected chi connectivity index (χ1v) is 7.76. The topological polar surface area (TPSA) is 83.6 Å². The highest BCUT2D eigenvalue weighted by molar-refractivity contribution is 7.13. The number of amides is 2. The summed E-state index contributed by atoms with van der Waals surface area (Å²) in [6, 6.07) is 0. The fraction of sp³-hybridized carbons (Fsp3) is 0.357. The molecule has 0 spiro atoms. The minimum atomic E-state index is -0.441. The highest BCUT2D eigenvalue weighted by Gasteiger charge is 2.17. The molecule has 118 valence electrons. The molecule has 1 aromatic heterocycles. The normalized spacial score (nSPS) is 15.4. The zero-order chi connectivity index (χ0) is 15.8. The molecule has 1 aromatic rings. The summed E-state index contributed by atoms with van der Waals surface area (Å²) < 4.78 is 5.28. The van der Waals surface area contributed by atoms with Crippen LogP contribution in [-0.2, 0) is 9.53 Å². The zero-order valence-electron chi connectivity index (χ0n) is 12.2. The monoisotopic (exact) mass is 322 g/mol. The fourth-order valence-electron chi connectivity index (χ4n) is 1.75. The lowest BCUT2D eigenvalue weighted by molar-refractivity contribution is -0.117. The van der Waals surface area contributed by atoms with Gasteiger partial charge in [-0.3, -0.25) is 20.4 Å². The molecule has 1 fully saturated rings. The van der Waals surface area contributed by atoms with E-state index >= 15 is 0 Å². The molecule has 0 unspecified atom stereocenters. The molecule has 2 N–H and O–H groups in total. The average molecular weight is 322 g/mol. The van der Waals surface area contributed by atoms with Crippen molar-refractivity contribution in [2.45, 2.75) is 6.92 Å². The molecule has 0 radical (unpaired) electrons. The lowest BCUT2D eigenvalue weighted by Gasteiger charge is -2.25. The second kappa shape index (κ2) is 8.30. The van der Waals surface area contributed by atoms with Gasteiger partial charge in [0, 0.05) is 24.5 Å². The highest BCUT2D eigenvalue weighted by atomic mass is 32.1. The van der Waals surface area contributed by atoms with Gasteiger partial charge in [0.25, 0.3) is 11.8 Å². The molecule has 0 bridgehead atoms. The van der Waals surface area contributed by atoms with E-state index in [1.54, 1.807) is 23.6 Å². The third-order valence-electron chi connectivity index (χ3n) is 2.86. The molecule has 1 saturated heterocycles. The van der Waals surface area contributed by atoms with Gasteiger partial charge in [-0.25, -0.2) is 4.98 Å². The summed E-state index contributed by atoms with van der Waals surface area (Å²) >= 11 is 1.40. The second-order valence-electron chi connectivity index (χ2n) is 4.44. The van der Waals surface area contributed by atoms with Gasteiger partial charge < -0.3 is 9.64 Å². The van der Waals surface area contributed by atoms with Crippen LogP contribution in [0.4, 0.5) is 5.13 Å². The Balaban J connectivity index is 1.85. The zero-order valence-corrected chi connectivity index (χ0v) is 13.1. The van der Waals surface area contributed by atoms with Crippen molar-refractivity contribution in [3.05, 3.63) is 35.4 Å². The Morgan fingerprint density at radius 2 is 2.09 bits per heavy atom. The molecular weight excluding hydrogens is 304 g/mol. The highest BCUT2D eigenvalue weighted by Crippen LogP contribution is 2.21. The van der Waals surface area contributed by atoms with Crippen LogP contribution < -0.4 is 15.8 Å². The standard InChI is InChI=1S/C14H18N4O3S/c1-2-3-4-5-12(19)16-17-13(20)11-10-22-14(15-11)18-6-8-21-9-7-18/h2-5,10H,6-9H2,1H3,(H,16,19)(H,17,20)/b3-2+,5-4+. The SMILES string of the molecule is C/C=C/C=C/C(=O)NNC(=O)c1csc(N2CCOCC2)n1. The maximum atomic E-state index is 11.9. The molecule has 0 atom stereocenters. The summed E-state index contributed by atoms with van der Waals surface area (Å²) in [5, 5.41) is 2.45. The number of carbonyl (C=O) groups is 2. The van der Waals surface area contributed by atoms with E-state index in [2.05, 4.69) is 20.7 Å². The average Bonchev–Trinajstić information content (AvgIpc) is 3.04. The number of aromatic nitrogens is 1. The van der Waals surface area contributed by atoms with Crippen molar-refractivity contribution in [2.75, 3.05) is 31.2 Å². The molecule has 0 saturated carbocycles. The van der Waals surface area contributed by atoms with Gasteiger partial charge in [0.2, 0.25) is 0 Å². The van der Waals surface area contributed by atoms with Crippen LogP contribution in [0.5, 0.6) is 0 Å². The van der Waals surface area contributed by atoms with E-state index in [-0.39, 0.29) is 5.69 Å². The predicted molar refractivity (Wildman–Crippen MR) is 84.7 cm³/mol. The molecule has 1 aliphatic rings. The first-order valence-electron chi connectivity index (χ1n) is 6.88. The molecule has 2 amide bonds. The van der Waals surface area contributed by atoms with Crippen LogP contribution in [0, 0.1) is 0 Å². The van der Waals surface area contributed by atoms with Crippen LogP contribution in [0.25, 0.3) is 0 Å². The summed E-state index contributed by atoms with van der Waals surface area (Å²) in [5.74, 6) is -0.848. The molecule has 1 aliphatic heterocycles. The predicted octanol–water partition coefficient (Wildman–Crippen LogP) is 0.873. The van der Waals surface area contributed by atoms with E-state index in [1.807, 2.05) is 6.92 Å². The number of hydrogen-bond acceptors (Lipinski definition) is 6. The molecular formula is C14H18N4O3S. The number of nitrogens with one attached hydrogen (secondary N) is 2. The van der Waals surface area contributed by atoms with Gasteiger partial charge in [-0.1, -0.05) is 18.2 Å². The van der Waals surface area contributed by atoms with Crippen molar-refractivity contribution in [1.29, 1.82) is 0 Å². The van der Waals surface area contributed by atoms with Crippen molar-refractivity contribution in [2.24, 2.45) is 0 Å². The Morgan fingerprint density at radius 3 is 2.82 bits per heavy atom. The minimum Gasteiger partial charge on any atom is -0.378 e. The van der Waals surface area contributed by atoms with E-state index in [1.165, 1.54) is 17.4 Å². The number of carbonyl (C=O) groups excluding carboxylic acids is 2. The Morgan fingerprint density at radius 1 is 1.32 bits per heavy atom. The number of ether oxygens (including phenoxy) is 1. The lowest BCUT2D eigenvalue weighted by atomic mass is 10.4. The fourth-order valence-corrected chi connectivity index (χ4v) is 2.61. The summed E-state index contributed by atoms with van der Waals surface area (Å²) in [4.78, 5) is 29.7. The van der Waals surface area contributed by atoms with Crippen LogP contribution in [0.15, 0.2) is 29.7 Å². The maximum Gasteiger partial charge on any atom is 0.289 e.